The average molecular weight is 252 g/mol. The smallest absolute Gasteiger partial charge is 0.261 e. The molecule has 100 valence electrons. The second-order valence-corrected chi connectivity index (χ2v) is 5.67. The van der Waals surface area contributed by atoms with Crippen molar-refractivity contribution < 1.29 is 13.0 Å². The van der Waals surface area contributed by atoms with Gasteiger partial charge in [0.15, 0.2) is 0 Å². The lowest BCUT2D eigenvalue weighted by atomic mass is 10.1. The van der Waals surface area contributed by atoms with Crippen LogP contribution in [0, 0.1) is 0 Å². The predicted molar refractivity (Wildman–Crippen MR) is 70.4 cm³/mol. The van der Waals surface area contributed by atoms with Crippen LogP contribution in [0.2, 0.25) is 0 Å². The fourth-order valence-electron chi connectivity index (χ4n) is 1.38. The molecule has 0 bridgehead atoms. The van der Waals surface area contributed by atoms with Crippen LogP contribution in [0.5, 0.6) is 0 Å². The molecule has 0 aliphatic rings. The first-order valence-corrected chi connectivity index (χ1v) is 8.19. The topological polar surface area (TPSA) is 54.4 Å². The minimum absolute atomic E-state index is 0.715. The lowest BCUT2D eigenvalue weighted by Gasteiger charge is -1.98. The molecule has 4 heteroatoms. The summed E-state index contributed by atoms with van der Waals surface area (Å²) in [5.41, 5.74) is 0. The van der Waals surface area contributed by atoms with Crippen molar-refractivity contribution in [1.29, 1.82) is 0 Å². The van der Waals surface area contributed by atoms with Crippen molar-refractivity contribution in [2.24, 2.45) is 0 Å². The number of hydrogen-bond acceptors (Lipinski definition) is 2. The Labute approximate surface area is 101 Å². The van der Waals surface area contributed by atoms with Gasteiger partial charge >= 0.3 is 0 Å². The van der Waals surface area contributed by atoms with Crippen molar-refractivity contribution in [2.45, 2.75) is 71.6 Å². The average Bonchev–Trinajstić information content (AvgIpc) is 2.14. The van der Waals surface area contributed by atoms with Gasteiger partial charge in [0.1, 0.15) is 0 Å². The first-order valence-electron chi connectivity index (χ1n) is 6.34. The van der Waals surface area contributed by atoms with E-state index in [1.165, 1.54) is 57.8 Å². The third-order valence-corrected chi connectivity index (χ3v) is 2.21. The number of unbranched alkanes of at least 4 members (excludes halogenated alkanes) is 8. The maximum absolute atomic E-state index is 9.19. The van der Waals surface area contributed by atoms with Crippen LogP contribution in [0.1, 0.15) is 71.6 Å². The molecule has 0 heterocycles. The molecule has 0 saturated heterocycles. The van der Waals surface area contributed by atoms with E-state index in [-0.39, 0.29) is 0 Å². The van der Waals surface area contributed by atoms with Gasteiger partial charge in [-0.05, 0) is 0 Å². The molecule has 0 saturated carbocycles. The van der Waals surface area contributed by atoms with E-state index in [0.717, 1.165) is 0 Å². The summed E-state index contributed by atoms with van der Waals surface area (Å²) in [6, 6.07) is 0. The van der Waals surface area contributed by atoms with E-state index < -0.39 is 10.1 Å². The number of rotatable bonds is 8. The molecule has 0 unspecified atom stereocenters. The van der Waals surface area contributed by atoms with Crippen molar-refractivity contribution in [3.05, 3.63) is 0 Å². The van der Waals surface area contributed by atoms with Gasteiger partial charge in [0, 0.05) is 0 Å². The Balaban J connectivity index is 0. The van der Waals surface area contributed by atoms with Crippen LogP contribution in [0.25, 0.3) is 0 Å². The van der Waals surface area contributed by atoms with Gasteiger partial charge in [-0.1, -0.05) is 71.6 Å². The summed E-state index contributed by atoms with van der Waals surface area (Å²) in [6.45, 7) is 4.55. The molecule has 1 N–H and O–H groups in total. The fourth-order valence-corrected chi connectivity index (χ4v) is 1.38. The summed E-state index contributed by atoms with van der Waals surface area (Å²) in [4.78, 5) is 0. The van der Waals surface area contributed by atoms with Crippen molar-refractivity contribution in [3.63, 3.8) is 0 Å². The van der Waals surface area contributed by atoms with Crippen LogP contribution >= 0.6 is 0 Å². The Morgan fingerprint density at radius 3 is 1.12 bits per heavy atom. The fraction of sp³-hybridized carbons (Fsp3) is 1.00. The van der Waals surface area contributed by atoms with Crippen LogP contribution in [-0.4, -0.2) is 19.2 Å². The molecule has 0 aromatic carbocycles. The van der Waals surface area contributed by atoms with Crippen LogP contribution in [0.4, 0.5) is 0 Å². The summed E-state index contributed by atoms with van der Waals surface area (Å²) in [7, 11) is -3.67. The molecular formula is C12H28O3S. The third kappa shape index (κ3) is 37.1. The predicted octanol–water partition coefficient (Wildman–Crippen LogP) is 4.04. The normalized spacial score (nSPS) is 10.8. The first kappa shape index (κ1) is 18.3. The Bertz CT molecular complexity index is 194. The van der Waals surface area contributed by atoms with E-state index in [2.05, 4.69) is 13.8 Å². The molecule has 0 aromatic rings. The first-order chi connectivity index (χ1) is 7.41. The van der Waals surface area contributed by atoms with E-state index in [9.17, 15) is 8.42 Å². The minimum atomic E-state index is -3.67. The quantitative estimate of drug-likeness (QED) is 0.524. The maximum atomic E-state index is 9.19. The lowest BCUT2D eigenvalue weighted by Crippen LogP contribution is -1.88. The van der Waals surface area contributed by atoms with E-state index in [4.69, 9.17) is 4.55 Å². The van der Waals surface area contributed by atoms with Crippen LogP contribution in [-0.2, 0) is 10.1 Å². The molecule has 0 aromatic heterocycles. The second kappa shape index (κ2) is 13.0. The summed E-state index contributed by atoms with van der Waals surface area (Å²) >= 11 is 0. The highest BCUT2D eigenvalue weighted by Gasteiger charge is 1.89. The van der Waals surface area contributed by atoms with E-state index >= 15 is 0 Å². The highest BCUT2D eigenvalue weighted by atomic mass is 32.2. The standard InChI is InChI=1S/C11H24.CH4O3S/c1-3-5-7-9-11-10-8-6-4-2;1-5(2,3)4/h3-11H2,1-2H3;1H3,(H,2,3,4). The van der Waals surface area contributed by atoms with Crippen molar-refractivity contribution in [3.8, 4) is 0 Å². The Kier molecular flexibility index (Phi) is 14.8. The monoisotopic (exact) mass is 252 g/mol. The molecule has 0 radical (unpaired) electrons. The van der Waals surface area contributed by atoms with Gasteiger partial charge in [-0.25, -0.2) is 0 Å². The molecule has 0 spiro atoms. The Morgan fingerprint density at radius 2 is 0.938 bits per heavy atom. The van der Waals surface area contributed by atoms with Crippen LogP contribution in [0.3, 0.4) is 0 Å². The SMILES string of the molecule is CCCCCCCCCCC.CS(=O)(=O)O. The summed E-state index contributed by atoms with van der Waals surface area (Å²) in [6.07, 6.45) is 13.7. The molecule has 0 rings (SSSR count). The summed E-state index contributed by atoms with van der Waals surface area (Å²) in [5.74, 6) is 0. The lowest BCUT2D eigenvalue weighted by molar-refractivity contribution is 0.490. The molecule has 0 aliphatic heterocycles. The number of hydrogen-bond donors (Lipinski definition) is 1. The molecule has 0 aliphatic carbocycles. The van der Waals surface area contributed by atoms with Crippen LogP contribution in [0.15, 0.2) is 0 Å². The zero-order valence-corrected chi connectivity index (χ0v) is 11.9. The molecule has 0 atom stereocenters. The van der Waals surface area contributed by atoms with Crippen molar-refractivity contribution in [2.75, 3.05) is 6.26 Å². The van der Waals surface area contributed by atoms with E-state index in [1.807, 2.05) is 0 Å². The van der Waals surface area contributed by atoms with Gasteiger partial charge < -0.3 is 0 Å². The molecular weight excluding hydrogens is 224 g/mol. The zero-order chi connectivity index (χ0) is 12.9. The highest BCUT2D eigenvalue weighted by molar-refractivity contribution is 7.85. The van der Waals surface area contributed by atoms with Gasteiger partial charge in [-0.2, -0.15) is 8.42 Å². The summed E-state index contributed by atoms with van der Waals surface area (Å²) < 4.78 is 25.9. The largest absolute Gasteiger partial charge is 0.286 e. The summed E-state index contributed by atoms with van der Waals surface area (Å²) in [5, 5.41) is 0. The van der Waals surface area contributed by atoms with Gasteiger partial charge in [0.25, 0.3) is 10.1 Å². The van der Waals surface area contributed by atoms with E-state index in [1.54, 1.807) is 0 Å². The van der Waals surface area contributed by atoms with Crippen molar-refractivity contribution in [1.82, 2.24) is 0 Å². The zero-order valence-electron chi connectivity index (χ0n) is 11.0. The van der Waals surface area contributed by atoms with Gasteiger partial charge in [0.2, 0.25) is 0 Å². The van der Waals surface area contributed by atoms with Crippen molar-refractivity contribution >= 4 is 10.1 Å². The molecule has 3 nitrogen and oxygen atoms in total. The van der Waals surface area contributed by atoms with Crippen LogP contribution < -0.4 is 0 Å². The maximum Gasteiger partial charge on any atom is 0.261 e. The molecule has 0 amide bonds. The highest BCUT2D eigenvalue weighted by Crippen LogP contribution is 2.08. The van der Waals surface area contributed by atoms with Gasteiger partial charge in [-0.15, -0.1) is 0 Å². The van der Waals surface area contributed by atoms with E-state index in [0.29, 0.717) is 6.26 Å². The minimum Gasteiger partial charge on any atom is -0.286 e. The van der Waals surface area contributed by atoms with Gasteiger partial charge in [-0.3, -0.25) is 4.55 Å². The molecule has 16 heavy (non-hydrogen) atoms. The Morgan fingerprint density at radius 1 is 0.750 bits per heavy atom. The van der Waals surface area contributed by atoms with Gasteiger partial charge in [0.05, 0.1) is 6.26 Å². The second-order valence-electron chi connectivity index (χ2n) is 4.21. The molecule has 0 fully saturated rings. The third-order valence-electron chi connectivity index (χ3n) is 2.21. The Hall–Kier alpha value is -0.0900.